The summed E-state index contributed by atoms with van der Waals surface area (Å²) in [6, 6.07) is 11.7. The number of non-ortho nitro benzene ring substituents is 1. The molecule has 2 amide bonds. The summed E-state index contributed by atoms with van der Waals surface area (Å²) >= 11 is 0. The van der Waals surface area contributed by atoms with Crippen LogP contribution in [0.3, 0.4) is 0 Å². The van der Waals surface area contributed by atoms with E-state index in [9.17, 15) is 24.5 Å². The van der Waals surface area contributed by atoms with Crippen molar-refractivity contribution in [2.75, 3.05) is 18.1 Å². The predicted molar refractivity (Wildman–Crippen MR) is 126 cm³/mol. The minimum atomic E-state index is -0.955. The first-order valence-corrected chi connectivity index (χ1v) is 11.8. The summed E-state index contributed by atoms with van der Waals surface area (Å²) in [5.74, 6) is -2.66. The Morgan fingerprint density at radius 3 is 2.66 bits per heavy atom. The fourth-order valence-electron chi connectivity index (χ4n) is 5.99. The maximum atomic E-state index is 13.9. The van der Waals surface area contributed by atoms with Crippen LogP contribution in [-0.2, 0) is 14.3 Å². The van der Waals surface area contributed by atoms with E-state index in [-0.39, 0.29) is 35.7 Å². The molecule has 0 unspecified atom stereocenters. The number of nitro benzene ring substituents is 1. The van der Waals surface area contributed by atoms with Gasteiger partial charge in [0.15, 0.2) is 5.78 Å². The van der Waals surface area contributed by atoms with Crippen molar-refractivity contribution in [3.05, 3.63) is 75.8 Å². The molecule has 3 saturated heterocycles. The number of hydrogen-bond donors (Lipinski definition) is 0. The van der Waals surface area contributed by atoms with E-state index < -0.39 is 34.6 Å². The molecule has 0 spiro atoms. The van der Waals surface area contributed by atoms with Crippen molar-refractivity contribution in [2.45, 2.75) is 31.0 Å². The number of ketones is 1. The molecular weight excluding hydrogens is 450 g/mol. The molecule has 2 aromatic carbocycles. The van der Waals surface area contributed by atoms with Crippen LogP contribution in [0.1, 0.15) is 28.8 Å². The Balaban J connectivity index is 1.44. The maximum absolute atomic E-state index is 13.9. The van der Waals surface area contributed by atoms with Crippen LogP contribution >= 0.6 is 0 Å². The van der Waals surface area contributed by atoms with E-state index in [4.69, 9.17) is 4.74 Å². The van der Waals surface area contributed by atoms with Gasteiger partial charge in [0.1, 0.15) is 6.04 Å². The molecule has 35 heavy (non-hydrogen) atoms. The second kappa shape index (κ2) is 8.13. The van der Waals surface area contributed by atoms with Crippen LogP contribution in [0.5, 0.6) is 0 Å². The number of amides is 2. The maximum Gasteiger partial charge on any atom is 0.270 e. The van der Waals surface area contributed by atoms with Crippen LogP contribution in [0.4, 0.5) is 11.4 Å². The van der Waals surface area contributed by atoms with Crippen LogP contribution in [0.2, 0.25) is 0 Å². The number of nitrogens with zero attached hydrogens (tertiary/aromatic N) is 3. The Kier molecular flexibility index (Phi) is 5.03. The smallest absolute Gasteiger partial charge is 0.270 e. The first kappa shape index (κ1) is 21.7. The summed E-state index contributed by atoms with van der Waals surface area (Å²) in [5.41, 5.74) is 1.60. The first-order chi connectivity index (χ1) is 17.0. The van der Waals surface area contributed by atoms with Crippen molar-refractivity contribution in [3.8, 4) is 0 Å². The first-order valence-electron chi connectivity index (χ1n) is 11.8. The highest BCUT2D eigenvalue weighted by Gasteiger charge is 2.64. The van der Waals surface area contributed by atoms with E-state index in [0.717, 1.165) is 24.1 Å². The monoisotopic (exact) mass is 473 g/mol. The molecule has 4 aliphatic heterocycles. The van der Waals surface area contributed by atoms with E-state index in [1.54, 1.807) is 0 Å². The number of anilines is 1. The number of para-hydroxylation sites is 1. The molecule has 178 valence electrons. The molecule has 0 saturated carbocycles. The number of rotatable bonds is 5. The van der Waals surface area contributed by atoms with Gasteiger partial charge < -0.3 is 9.64 Å². The van der Waals surface area contributed by atoms with Crippen molar-refractivity contribution in [1.82, 2.24) is 4.90 Å². The number of imide groups is 1. The molecule has 9 nitrogen and oxygen atoms in total. The number of benzene rings is 2. The average Bonchev–Trinajstić information content (AvgIpc) is 3.57. The quantitative estimate of drug-likeness (QED) is 0.284. The highest BCUT2D eigenvalue weighted by molar-refractivity contribution is 6.14. The number of likely N-dealkylation sites (tertiary alicyclic amines) is 1. The van der Waals surface area contributed by atoms with E-state index in [2.05, 4.69) is 0 Å². The Hall–Kier alpha value is -3.85. The van der Waals surface area contributed by atoms with Gasteiger partial charge in [-0.05, 0) is 24.5 Å². The lowest BCUT2D eigenvalue weighted by Crippen LogP contribution is -2.49. The average molecular weight is 473 g/mol. The summed E-state index contributed by atoms with van der Waals surface area (Å²) in [5, 5.41) is 11.3. The normalized spacial score (nSPS) is 28.7. The largest absolute Gasteiger partial charge is 0.376 e. The Bertz CT molecular complexity index is 1280. The second-order valence-electron chi connectivity index (χ2n) is 9.41. The predicted octanol–water partition coefficient (Wildman–Crippen LogP) is 2.84. The summed E-state index contributed by atoms with van der Waals surface area (Å²) < 4.78 is 5.66. The van der Waals surface area contributed by atoms with E-state index in [1.165, 1.54) is 29.2 Å². The number of fused-ring (bicyclic) bond motifs is 5. The SMILES string of the molecule is O=C(c1cccc([N+](=O)[O-])c1)[C@@H]1[C@@H]2C(=O)N(C[C@@H]3CCCO3)C(=O)[C@H]2[C@@H]2C=Cc3ccccc3N12. The minimum Gasteiger partial charge on any atom is -0.376 e. The van der Waals surface area contributed by atoms with E-state index in [0.29, 0.717) is 6.61 Å². The van der Waals surface area contributed by atoms with Gasteiger partial charge in [-0.15, -0.1) is 0 Å². The molecule has 0 aliphatic carbocycles. The van der Waals surface area contributed by atoms with Crippen molar-refractivity contribution in [2.24, 2.45) is 11.8 Å². The lowest BCUT2D eigenvalue weighted by Gasteiger charge is -2.36. The lowest BCUT2D eigenvalue weighted by atomic mass is 9.86. The van der Waals surface area contributed by atoms with E-state index in [1.807, 2.05) is 41.3 Å². The fourth-order valence-corrected chi connectivity index (χ4v) is 5.99. The van der Waals surface area contributed by atoms with Crippen LogP contribution in [-0.4, -0.2) is 58.8 Å². The number of hydrogen-bond acceptors (Lipinski definition) is 7. The summed E-state index contributed by atoms with van der Waals surface area (Å²) in [4.78, 5) is 55.1. The molecular formula is C26H23N3O6. The number of nitro groups is 1. The van der Waals surface area contributed by atoms with Gasteiger partial charge >= 0.3 is 0 Å². The zero-order chi connectivity index (χ0) is 24.3. The lowest BCUT2D eigenvalue weighted by molar-refractivity contribution is -0.384. The number of Topliss-reactive ketones (excluding diaryl/α,β-unsaturated/α-hetero) is 1. The molecule has 0 aromatic heterocycles. The molecule has 0 radical (unpaired) electrons. The van der Waals surface area contributed by atoms with E-state index >= 15 is 0 Å². The second-order valence-corrected chi connectivity index (χ2v) is 9.41. The number of carbonyl (C=O) groups is 3. The van der Waals surface area contributed by atoms with Crippen LogP contribution in [0.25, 0.3) is 6.08 Å². The molecule has 0 bridgehead atoms. The van der Waals surface area contributed by atoms with Gasteiger partial charge in [-0.25, -0.2) is 0 Å². The topological polar surface area (TPSA) is 110 Å². The van der Waals surface area contributed by atoms with Crippen LogP contribution in [0.15, 0.2) is 54.6 Å². The van der Waals surface area contributed by atoms with Crippen molar-refractivity contribution >= 4 is 35.0 Å². The summed E-state index contributed by atoms with van der Waals surface area (Å²) in [7, 11) is 0. The molecule has 3 fully saturated rings. The Morgan fingerprint density at radius 2 is 1.89 bits per heavy atom. The molecule has 4 aliphatic rings. The number of carbonyl (C=O) groups excluding carboxylic acids is 3. The molecule has 9 heteroatoms. The van der Waals surface area contributed by atoms with Crippen LogP contribution in [0, 0.1) is 22.0 Å². The number of ether oxygens (including phenoxy) is 1. The third-order valence-electron chi connectivity index (χ3n) is 7.53. The van der Waals surface area contributed by atoms with Gasteiger partial charge in [0.05, 0.1) is 35.4 Å². The molecule has 0 N–H and O–H groups in total. The van der Waals surface area contributed by atoms with Gasteiger partial charge in [0, 0.05) is 30.0 Å². The Morgan fingerprint density at radius 1 is 1.09 bits per heavy atom. The van der Waals surface area contributed by atoms with Crippen molar-refractivity contribution < 1.29 is 24.0 Å². The highest BCUT2D eigenvalue weighted by atomic mass is 16.6. The minimum absolute atomic E-state index is 0.147. The van der Waals surface area contributed by atoms with Crippen molar-refractivity contribution in [1.29, 1.82) is 0 Å². The summed E-state index contributed by atoms with van der Waals surface area (Å²) in [6.45, 7) is 0.799. The Labute approximate surface area is 201 Å². The molecule has 4 heterocycles. The zero-order valence-electron chi connectivity index (χ0n) is 18.8. The van der Waals surface area contributed by atoms with Crippen LogP contribution < -0.4 is 4.90 Å². The molecule has 6 rings (SSSR count). The third-order valence-corrected chi connectivity index (χ3v) is 7.53. The third kappa shape index (κ3) is 3.30. The fraction of sp³-hybridized carbons (Fsp3) is 0.346. The van der Waals surface area contributed by atoms with Gasteiger partial charge in [-0.3, -0.25) is 29.4 Å². The molecule has 2 aromatic rings. The molecule has 5 atom stereocenters. The zero-order valence-corrected chi connectivity index (χ0v) is 18.8. The van der Waals surface area contributed by atoms with Gasteiger partial charge in [0.25, 0.3) is 5.69 Å². The van der Waals surface area contributed by atoms with Gasteiger partial charge in [-0.1, -0.05) is 42.5 Å². The summed E-state index contributed by atoms with van der Waals surface area (Å²) in [6.07, 6.45) is 5.30. The van der Waals surface area contributed by atoms with Crippen molar-refractivity contribution in [3.63, 3.8) is 0 Å². The van der Waals surface area contributed by atoms with Gasteiger partial charge in [-0.2, -0.15) is 0 Å². The van der Waals surface area contributed by atoms with Gasteiger partial charge in [0.2, 0.25) is 11.8 Å². The highest BCUT2D eigenvalue weighted by Crippen LogP contribution is 2.49. The standard InChI is InChI=1S/C26H23N3O6/c30-24(16-6-3-7-17(13-16)29(33)34)23-22-21(20-11-10-15-5-1-2-9-19(15)28(20)23)25(31)27(26(22)32)14-18-8-4-12-35-18/h1-3,5-7,9-11,13,18,20-23H,4,8,12,14H2/t18-,20-,21-,22+,23-/m0/s1.